The van der Waals surface area contributed by atoms with Crippen molar-refractivity contribution in [1.82, 2.24) is 10.3 Å². The monoisotopic (exact) mass is 323 g/mol. The molecule has 0 fully saturated rings. The van der Waals surface area contributed by atoms with Crippen LogP contribution in [0.25, 0.3) is 0 Å². The van der Waals surface area contributed by atoms with Crippen LogP contribution in [0.5, 0.6) is 0 Å². The fraction of sp³-hybridized carbons (Fsp3) is 0.583. The second kappa shape index (κ2) is 7.96. The van der Waals surface area contributed by atoms with Crippen molar-refractivity contribution in [3.63, 3.8) is 0 Å². The number of carbonyl (C=O) groups excluding carboxylic acids is 2. The number of hydrogen-bond acceptors (Lipinski definition) is 4. The topological polar surface area (TPSA) is 71.1 Å². The van der Waals surface area contributed by atoms with E-state index in [4.69, 9.17) is 0 Å². The number of nitrogens with zero attached hydrogens (tertiary/aromatic N) is 1. The first kappa shape index (κ1) is 17.4. The summed E-state index contributed by atoms with van der Waals surface area (Å²) in [6.07, 6.45) is -3.08. The Bertz CT molecular complexity index is 488. The van der Waals surface area contributed by atoms with Crippen molar-refractivity contribution >= 4 is 28.3 Å². The van der Waals surface area contributed by atoms with Crippen molar-refractivity contribution in [3.05, 3.63) is 11.1 Å². The Morgan fingerprint density at radius 3 is 2.57 bits per heavy atom. The second-order valence-electron chi connectivity index (χ2n) is 4.41. The molecule has 0 bridgehead atoms. The van der Waals surface area contributed by atoms with Gasteiger partial charge in [-0.05, 0) is 19.8 Å². The number of unbranched alkanes of at least 4 members (excludes halogenated alkanes) is 2. The van der Waals surface area contributed by atoms with E-state index in [1.165, 1.54) is 11.3 Å². The van der Waals surface area contributed by atoms with Crippen molar-refractivity contribution in [1.29, 1.82) is 0 Å². The number of carbonyl (C=O) groups is 2. The molecule has 0 spiro atoms. The van der Waals surface area contributed by atoms with E-state index in [2.05, 4.69) is 10.3 Å². The van der Waals surface area contributed by atoms with Gasteiger partial charge >= 0.3 is 12.1 Å². The molecule has 0 saturated carbocycles. The van der Waals surface area contributed by atoms with Crippen molar-refractivity contribution in [2.45, 2.75) is 38.8 Å². The van der Waals surface area contributed by atoms with Crippen molar-refractivity contribution < 1.29 is 22.8 Å². The molecular weight excluding hydrogens is 307 g/mol. The minimum absolute atomic E-state index is 0.0500. The molecule has 2 N–H and O–H groups in total. The van der Waals surface area contributed by atoms with Gasteiger partial charge in [-0.2, -0.15) is 13.2 Å². The van der Waals surface area contributed by atoms with Crippen molar-refractivity contribution in [2.24, 2.45) is 0 Å². The van der Waals surface area contributed by atoms with E-state index in [1.807, 2.05) is 12.3 Å². The minimum Gasteiger partial charge on any atom is -0.348 e. The summed E-state index contributed by atoms with van der Waals surface area (Å²) in [7, 11) is 0. The van der Waals surface area contributed by atoms with Crippen LogP contribution in [0.2, 0.25) is 0 Å². The van der Waals surface area contributed by atoms with Gasteiger partial charge in [0.2, 0.25) is 5.91 Å². The molecule has 9 heteroatoms. The maximum Gasteiger partial charge on any atom is 0.471 e. The van der Waals surface area contributed by atoms with Crippen LogP contribution in [-0.2, 0) is 9.59 Å². The average Bonchev–Trinajstić information content (AvgIpc) is 2.77. The highest BCUT2D eigenvalue weighted by Gasteiger charge is 2.38. The van der Waals surface area contributed by atoms with Gasteiger partial charge < -0.3 is 10.6 Å². The lowest BCUT2D eigenvalue weighted by atomic mass is 10.2. The van der Waals surface area contributed by atoms with Gasteiger partial charge in [0.05, 0.1) is 5.69 Å². The summed E-state index contributed by atoms with van der Waals surface area (Å²) in [5, 5.41) is 6.78. The third-order valence-corrected chi connectivity index (χ3v) is 3.36. The average molecular weight is 323 g/mol. The zero-order valence-electron chi connectivity index (χ0n) is 11.4. The zero-order valence-corrected chi connectivity index (χ0v) is 12.2. The van der Waals surface area contributed by atoms with Crippen LogP contribution in [0, 0.1) is 6.92 Å². The van der Waals surface area contributed by atoms with Gasteiger partial charge in [0.15, 0.2) is 5.13 Å². The Kier molecular flexibility index (Phi) is 6.60. The van der Waals surface area contributed by atoms with Gasteiger partial charge in [0, 0.05) is 18.3 Å². The van der Waals surface area contributed by atoms with Crippen LogP contribution >= 0.6 is 11.3 Å². The van der Waals surface area contributed by atoms with Crippen LogP contribution in [0.4, 0.5) is 18.3 Å². The first-order valence-electron chi connectivity index (χ1n) is 6.36. The number of nitrogens with one attached hydrogen (secondary N) is 2. The van der Waals surface area contributed by atoms with Gasteiger partial charge in [-0.25, -0.2) is 4.98 Å². The number of aryl methyl sites for hydroxylation is 1. The molecule has 1 aromatic heterocycles. The summed E-state index contributed by atoms with van der Waals surface area (Å²) in [5.41, 5.74) is 0.829. The van der Waals surface area contributed by atoms with Crippen LogP contribution in [0.1, 0.15) is 31.4 Å². The molecule has 5 nitrogen and oxygen atoms in total. The molecule has 0 radical (unpaired) electrons. The minimum atomic E-state index is -4.84. The highest BCUT2D eigenvalue weighted by molar-refractivity contribution is 7.13. The lowest BCUT2D eigenvalue weighted by Gasteiger charge is -2.07. The van der Waals surface area contributed by atoms with Gasteiger partial charge in [-0.1, -0.05) is 6.42 Å². The first-order chi connectivity index (χ1) is 9.79. The van der Waals surface area contributed by atoms with E-state index in [0.717, 1.165) is 5.69 Å². The molecule has 118 valence electrons. The number of hydrogen-bond donors (Lipinski definition) is 2. The largest absolute Gasteiger partial charge is 0.471 e. The highest BCUT2D eigenvalue weighted by Crippen LogP contribution is 2.15. The van der Waals surface area contributed by atoms with Gasteiger partial charge in [0.1, 0.15) is 0 Å². The molecular formula is C12H16F3N3O2S. The summed E-state index contributed by atoms with van der Waals surface area (Å²) in [6.45, 7) is 1.77. The number of thiazole rings is 1. The molecule has 0 unspecified atom stereocenters. The summed E-state index contributed by atoms with van der Waals surface area (Å²) in [4.78, 5) is 26.1. The third kappa shape index (κ3) is 7.07. The molecule has 21 heavy (non-hydrogen) atoms. The number of aromatic nitrogens is 1. The Morgan fingerprint density at radius 1 is 1.29 bits per heavy atom. The summed E-state index contributed by atoms with van der Waals surface area (Å²) in [5.74, 6) is -2.11. The van der Waals surface area contributed by atoms with Crippen LogP contribution < -0.4 is 10.6 Å². The Hall–Kier alpha value is -1.64. The van der Waals surface area contributed by atoms with Gasteiger partial charge in [-0.3, -0.25) is 9.59 Å². The maximum absolute atomic E-state index is 11.9. The van der Waals surface area contributed by atoms with E-state index >= 15 is 0 Å². The molecule has 0 aliphatic heterocycles. The number of anilines is 1. The molecule has 0 aliphatic carbocycles. The van der Waals surface area contributed by atoms with Gasteiger partial charge in [-0.15, -0.1) is 11.3 Å². The standard InChI is InChI=1S/C12H16F3N3O2S/c1-8-7-21-11(17-8)18-9(19)5-3-2-4-6-16-10(20)12(13,14)15/h7H,2-6H2,1H3,(H,16,20)(H,17,18,19). The maximum atomic E-state index is 11.9. The predicted octanol–water partition coefficient (Wildman–Crippen LogP) is 2.63. The molecule has 1 rings (SSSR count). The summed E-state index contributed by atoms with van der Waals surface area (Å²) >= 11 is 1.33. The summed E-state index contributed by atoms with van der Waals surface area (Å²) in [6, 6.07) is 0. The molecule has 2 amide bonds. The van der Waals surface area contributed by atoms with E-state index in [9.17, 15) is 22.8 Å². The lowest BCUT2D eigenvalue weighted by molar-refractivity contribution is -0.173. The SMILES string of the molecule is Cc1csc(NC(=O)CCCCCNC(=O)C(F)(F)F)n1. The second-order valence-corrected chi connectivity index (χ2v) is 5.26. The molecule has 1 heterocycles. The molecule has 0 saturated heterocycles. The molecule has 1 aromatic rings. The van der Waals surface area contributed by atoms with E-state index in [0.29, 0.717) is 24.4 Å². The molecule has 0 aliphatic rings. The Balaban J connectivity index is 2.06. The summed E-state index contributed by atoms with van der Waals surface area (Å²) < 4.78 is 35.6. The fourth-order valence-electron chi connectivity index (χ4n) is 1.48. The number of halogens is 3. The quantitative estimate of drug-likeness (QED) is 0.758. The predicted molar refractivity (Wildman–Crippen MR) is 73.0 cm³/mol. The van der Waals surface area contributed by atoms with Crippen molar-refractivity contribution in [3.8, 4) is 0 Å². The zero-order chi connectivity index (χ0) is 15.9. The Morgan fingerprint density at radius 2 is 2.00 bits per heavy atom. The van der Waals surface area contributed by atoms with Crippen molar-refractivity contribution in [2.75, 3.05) is 11.9 Å². The van der Waals surface area contributed by atoms with Crippen LogP contribution in [0.15, 0.2) is 5.38 Å². The Labute approximate surface area is 123 Å². The smallest absolute Gasteiger partial charge is 0.348 e. The lowest BCUT2D eigenvalue weighted by Crippen LogP contribution is -2.37. The number of alkyl halides is 3. The van der Waals surface area contributed by atoms with E-state index < -0.39 is 12.1 Å². The van der Waals surface area contributed by atoms with E-state index in [1.54, 1.807) is 5.32 Å². The van der Waals surface area contributed by atoms with E-state index in [-0.39, 0.29) is 18.9 Å². The third-order valence-electron chi connectivity index (χ3n) is 2.49. The number of rotatable bonds is 7. The first-order valence-corrected chi connectivity index (χ1v) is 7.24. The van der Waals surface area contributed by atoms with Crippen LogP contribution in [0.3, 0.4) is 0 Å². The fourth-order valence-corrected chi connectivity index (χ4v) is 2.19. The molecule has 0 aromatic carbocycles. The normalized spacial score (nSPS) is 11.2. The van der Waals surface area contributed by atoms with Gasteiger partial charge in [0.25, 0.3) is 0 Å². The number of amides is 2. The molecule has 0 atom stereocenters. The van der Waals surface area contributed by atoms with Crippen LogP contribution in [-0.4, -0.2) is 29.5 Å². The highest BCUT2D eigenvalue weighted by atomic mass is 32.1.